The molecule has 43 heavy (non-hydrogen) atoms. The molecule has 2 atom stereocenters. The van der Waals surface area contributed by atoms with Crippen molar-refractivity contribution in [2.45, 2.75) is 6.61 Å². The highest BCUT2D eigenvalue weighted by molar-refractivity contribution is 5.81. The molecule has 0 saturated carbocycles. The first-order valence-electron chi connectivity index (χ1n) is 14.7. The van der Waals surface area contributed by atoms with Gasteiger partial charge in [-0.05, 0) is 55.0 Å². The quantitative estimate of drug-likeness (QED) is 0.230. The number of carbonyl (C=O) groups excluding carboxylic acids is 1. The third-order valence-corrected chi connectivity index (χ3v) is 8.67. The fourth-order valence-electron chi connectivity index (χ4n) is 6.28. The number of aromatic nitrogens is 1. The zero-order valence-electron chi connectivity index (χ0n) is 24.1. The van der Waals surface area contributed by atoms with E-state index in [1.807, 2.05) is 30.3 Å². The molecule has 0 radical (unpaired) electrons. The van der Waals surface area contributed by atoms with Crippen LogP contribution in [0.1, 0.15) is 21.5 Å². The number of aliphatic imine (C=N–C) groups is 1. The van der Waals surface area contributed by atoms with Crippen LogP contribution in [-0.4, -0.2) is 81.9 Å². The standard InChI is InChI=1S/C33H35FN6O3/c1-36-30-8-6-24(19-41)12-31(30)39(14-25-20-42-21-25)10-9-38-15-27-17-40(18-28(27)16-38)32-3-2-4-33(37-32)43-22-26-7-5-23(13-35)11-29(26)34/h2-8,11-12,19,25,27-28H,1,9-10,14-18,20-22H2. The lowest BCUT2D eigenvalue weighted by Gasteiger charge is -2.35. The number of rotatable bonds is 12. The molecule has 0 aliphatic carbocycles. The average molecular weight is 583 g/mol. The Kier molecular flexibility index (Phi) is 8.63. The van der Waals surface area contributed by atoms with E-state index in [9.17, 15) is 9.18 Å². The molecule has 222 valence electrons. The maximum Gasteiger partial charge on any atom is 0.215 e. The number of anilines is 2. The molecule has 3 saturated heterocycles. The van der Waals surface area contributed by atoms with Crippen LogP contribution in [0, 0.1) is 34.9 Å². The Balaban J connectivity index is 1.04. The van der Waals surface area contributed by atoms with E-state index >= 15 is 0 Å². The summed E-state index contributed by atoms with van der Waals surface area (Å²) < 4.78 is 25.5. The van der Waals surface area contributed by atoms with Gasteiger partial charge >= 0.3 is 0 Å². The van der Waals surface area contributed by atoms with Gasteiger partial charge in [0.05, 0.1) is 36.2 Å². The fourth-order valence-corrected chi connectivity index (χ4v) is 6.28. The van der Waals surface area contributed by atoms with Gasteiger partial charge in [0.25, 0.3) is 0 Å². The Labute approximate surface area is 251 Å². The number of hydrogen-bond donors (Lipinski definition) is 0. The zero-order valence-corrected chi connectivity index (χ0v) is 24.1. The topological polar surface area (TPSA) is 94.3 Å². The van der Waals surface area contributed by atoms with Crippen molar-refractivity contribution in [3.8, 4) is 11.9 Å². The fraction of sp³-hybridized carbons (Fsp3) is 0.394. The lowest BCUT2D eigenvalue weighted by molar-refractivity contribution is -0.0277. The summed E-state index contributed by atoms with van der Waals surface area (Å²) in [4.78, 5) is 27.6. The Bertz CT molecular complexity index is 1510. The van der Waals surface area contributed by atoms with Crippen molar-refractivity contribution in [1.29, 1.82) is 5.26 Å². The van der Waals surface area contributed by atoms with Crippen molar-refractivity contribution in [2.75, 3.05) is 68.8 Å². The summed E-state index contributed by atoms with van der Waals surface area (Å²) in [6.45, 7) is 11.8. The molecule has 0 spiro atoms. The Morgan fingerprint density at radius 3 is 2.63 bits per heavy atom. The van der Waals surface area contributed by atoms with Gasteiger partial charge in [-0.25, -0.2) is 4.39 Å². The van der Waals surface area contributed by atoms with Crippen LogP contribution in [0.25, 0.3) is 0 Å². The number of fused-ring (bicyclic) bond motifs is 1. The van der Waals surface area contributed by atoms with Crippen molar-refractivity contribution >= 4 is 30.2 Å². The number of halogens is 1. The zero-order chi connectivity index (χ0) is 29.8. The van der Waals surface area contributed by atoms with Crippen LogP contribution >= 0.6 is 0 Å². The van der Waals surface area contributed by atoms with Crippen LogP contribution in [-0.2, 0) is 11.3 Å². The molecule has 4 heterocycles. The third-order valence-electron chi connectivity index (χ3n) is 8.67. The van der Waals surface area contributed by atoms with Gasteiger partial charge in [0, 0.05) is 68.9 Å². The van der Waals surface area contributed by atoms with Crippen LogP contribution < -0.4 is 14.5 Å². The number of carbonyl (C=O) groups is 1. The lowest BCUT2D eigenvalue weighted by Crippen LogP contribution is -2.43. The average Bonchev–Trinajstić information content (AvgIpc) is 3.59. The smallest absolute Gasteiger partial charge is 0.215 e. The molecule has 2 aromatic carbocycles. The number of hydrogen-bond acceptors (Lipinski definition) is 9. The van der Waals surface area contributed by atoms with E-state index in [4.69, 9.17) is 19.7 Å². The molecule has 1 aromatic heterocycles. The molecule has 0 amide bonds. The minimum Gasteiger partial charge on any atom is -0.473 e. The van der Waals surface area contributed by atoms with Gasteiger partial charge < -0.3 is 24.2 Å². The van der Waals surface area contributed by atoms with Crippen molar-refractivity contribution in [2.24, 2.45) is 22.7 Å². The lowest BCUT2D eigenvalue weighted by atomic mass is 10.0. The molecule has 9 nitrogen and oxygen atoms in total. The molecule has 2 unspecified atom stereocenters. The first-order valence-corrected chi connectivity index (χ1v) is 14.7. The van der Waals surface area contributed by atoms with E-state index in [0.717, 1.165) is 82.5 Å². The molecule has 6 rings (SSSR count). The van der Waals surface area contributed by atoms with Crippen molar-refractivity contribution in [1.82, 2.24) is 9.88 Å². The maximum atomic E-state index is 14.3. The highest BCUT2D eigenvalue weighted by atomic mass is 19.1. The minimum atomic E-state index is -0.459. The Morgan fingerprint density at radius 2 is 1.95 bits per heavy atom. The molecule has 3 aliphatic heterocycles. The number of aldehydes is 1. The SMILES string of the molecule is C=Nc1ccc(C=O)cc1N(CCN1CC2CN(c3cccc(OCc4ccc(C#N)cc4F)n3)CC2C1)CC1COC1. The van der Waals surface area contributed by atoms with Crippen LogP contribution in [0.5, 0.6) is 5.88 Å². The van der Waals surface area contributed by atoms with Gasteiger partial charge in [-0.15, -0.1) is 0 Å². The molecule has 3 fully saturated rings. The van der Waals surface area contributed by atoms with E-state index < -0.39 is 5.82 Å². The molecule has 0 N–H and O–H groups in total. The maximum absolute atomic E-state index is 14.3. The number of likely N-dealkylation sites (tertiary alicyclic amines) is 1. The summed E-state index contributed by atoms with van der Waals surface area (Å²) >= 11 is 0. The van der Waals surface area contributed by atoms with Crippen molar-refractivity contribution in [3.63, 3.8) is 0 Å². The first kappa shape index (κ1) is 28.8. The summed E-state index contributed by atoms with van der Waals surface area (Å²) in [5, 5.41) is 8.95. The second kappa shape index (κ2) is 12.9. The summed E-state index contributed by atoms with van der Waals surface area (Å²) in [6, 6.07) is 17.6. The Morgan fingerprint density at radius 1 is 1.14 bits per heavy atom. The highest BCUT2D eigenvalue weighted by Gasteiger charge is 2.40. The molecule has 3 aromatic rings. The monoisotopic (exact) mass is 582 g/mol. The second-order valence-electron chi connectivity index (χ2n) is 11.6. The number of nitrogens with zero attached hydrogens (tertiary/aromatic N) is 6. The predicted molar refractivity (Wildman–Crippen MR) is 163 cm³/mol. The first-order chi connectivity index (χ1) is 21.0. The summed E-state index contributed by atoms with van der Waals surface area (Å²) in [6.07, 6.45) is 0.875. The van der Waals surface area contributed by atoms with Crippen molar-refractivity contribution < 1.29 is 18.7 Å². The summed E-state index contributed by atoms with van der Waals surface area (Å²) in [5.41, 5.74) is 3.05. The van der Waals surface area contributed by atoms with Gasteiger partial charge in [-0.1, -0.05) is 12.1 Å². The highest BCUT2D eigenvalue weighted by Crippen LogP contribution is 2.35. The normalized spacial score (nSPS) is 19.9. The van der Waals surface area contributed by atoms with E-state index in [1.54, 1.807) is 24.3 Å². The number of nitriles is 1. The number of benzene rings is 2. The van der Waals surface area contributed by atoms with Crippen LogP contribution in [0.4, 0.5) is 21.6 Å². The molecule has 0 bridgehead atoms. The third kappa shape index (κ3) is 6.53. The van der Waals surface area contributed by atoms with E-state index in [1.165, 1.54) is 6.07 Å². The van der Waals surface area contributed by atoms with Crippen LogP contribution in [0.15, 0.2) is 59.6 Å². The van der Waals surface area contributed by atoms with Gasteiger partial charge in [0.1, 0.15) is 24.5 Å². The van der Waals surface area contributed by atoms with E-state index in [2.05, 4.69) is 26.4 Å². The summed E-state index contributed by atoms with van der Waals surface area (Å²) in [7, 11) is 0. The van der Waals surface area contributed by atoms with E-state index in [0.29, 0.717) is 34.8 Å². The number of ether oxygens (including phenoxy) is 2. The van der Waals surface area contributed by atoms with Crippen molar-refractivity contribution in [3.05, 3.63) is 77.1 Å². The molecular formula is C33H35FN6O3. The minimum absolute atomic E-state index is 0.0444. The predicted octanol–water partition coefficient (Wildman–Crippen LogP) is 4.34. The largest absolute Gasteiger partial charge is 0.473 e. The second-order valence-corrected chi connectivity index (χ2v) is 11.6. The van der Waals surface area contributed by atoms with E-state index in [-0.39, 0.29) is 12.2 Å². The van der Waals surface area contributed by atoms with Crippen LogP contribution in [0.3, 0.4) is 0 Å². The number of pyridine rings is 1. The van der Waals surface area contributed by atoms with Crippen LogP contribution in [0.2, 0.25) is 0 Å². The molecule has 10 heteroatoms. The van der Waals surface area contributed by atoms with Gasteiger partial charge in [0.15, 0.2) is 0 Å². The molecular weight excluding hydrogens is 547 g/mol. The molecule has 3 aliphatic rings. The van der Waals surface area contributed by atoms with Gasteiger partial charge in [-0.3, -0.25) is 9.79 Å². The summed E-state index contributed by atoms with van der Waals surface area (Å²) in [5.74, 6) is 2.43. The Hall–Kier alpha value is -4.33. The van der Waals surface area contributed by atoms with Gasteiger partial charge in [0.2, 0.25) is 5.88 Å². The van der Waals surface area contributed by atoms with Gasteiger partial charge in [-0.2, -0.15) is 10.2 Å².